The monoisotopic (exact) mass is 251 g/mol. The third-order valence-electron chi connectivity index (χ3n) is 2.82. The molecule has 0 saturated heterocycles. The maximum absolute atomic E-state index is 10.9. The average Bonchev–Trinajstić information content (AvgIpc) is 2.37. The zero-order chi connectivity index (χ0) is 13.5. The van der Waals surface area contributed by atoms with E-state index in [1.165, 1.54) is 0 Å². The molecule has 0 aliphatic heterocycles. The third-order valence-corrected chi connectivity index (χ3v) is 2.82. The SMILES string of the molecule is CCCNc1cc(N(CC)CC)cc([N+](=O)[O-])c1. The van der Waals surface area contributed by atoms with Crippen LogP contribution in [0.2, 0.25) is 0 Å². The van der Waals surface area contributed by atoms with Crippen LogP contribution in [0, 0.1) is 10.1 Å². The molecule has 5 nitrogen and oxygen atoms in total. The van der Waals surface area contributed by atoms with Crippen LogP contribution < -0.4 is 10.2 Å². The molecule has 0 aromatic heterocycles. The summed E-state index contributed by atoms with van der Waals surface area (Å²) in [5, 5.41) is 14.1. The molecular weight excluding hydrogens is 230 g/mol. The first kappa shape index (κ1) is 14.3. The standard InChI is InChI=1S/C13H21N3O2/c1-4-7-14-11-8-12(15(5-2)6-3)10-13(9-11)16(17)18/h8-10,14H,4-7H2,1-3H3. The minimum Gasteiger partial charge on any atom is -0.385 e. The first-order valence-electron chi connectivity index (χ1n) is 6.40. The van der Waals surface area contributed by atoms with Crippen molar-refractivity contribution in [1.29, 1.82) is 0 Å². The van der Waals surface area contributed by atoms with Gasteiger partial charge in [-0.3, -0.25) is 10.1 Å². The predicted octanol–water partition coefficient (Wildman–Crippen LogP) is 3.26. The number of nitro groups is 1. The van der Waals surface area contributed by atoms with Gasteiger partial charge >= 0.3 is 0 Å². The van der Waals surface area contributed by atoms with Crippen LogP contribution in [0.4, 0.5) is 17.1 Å². The third kappa shape index (κ3) is 3.61. The number of nitro benzene ring substituents is 1. The van der Waals surface area contributed by atoms with Crippen LogP contribution in [-0.2, 0) is 0 Å². The number of hydrogen-bond acceptors (Lipinski definition) is 4. The van der Waals surface area contributed by atoms with E-state index in [1.54, 1.807) is 12.1 Å². The fourth-order valence-electron chi connectivity index (χ4n) is 1.84. The minimum absolute atomic E-state index is 0.137. The zero-order valence-corrected chi connectivity index (χ0v) is 11.3. The average molecular weight is 251 g/mol. The second-order valence-corrected chi connectivity index (χ2v) is 4.09. The topological polar surface area (TPSA) is 58.4 Å². The van der Waals surface area contributed by atoms with Crippen molar-refractivity contribution in [2.24, 2.45) is 0 Å². The van der Waals surface area contributed by atoms with Crippen molar-refractivity contribution in [1.82, 2.24) is 0 Å². The molecule has 5 heteroatoms. The quantitative estimate of drug-likeness (QED) is 0.597. The highest BCUT2D eigenvalue weighted by atomic mass is 16.6. The summed E-state index contributed by atoms with van der Waals surface area (Å²) >= 11 is 0. The van der Waals surface area contributed by atoms with Crippen LogP contribution in [-0.4, -0.2) is 24.6 Å². The molecule has 0 heterocycles. The number of anilines is 2. The Morgan fingerprint density at radius 1 is 1.22 bits per heavy atom. The maximum atomic E-state index is 10.9. The fourth-order valence-corrected chi connectivity index (χ4v) is 1.84. The van der Waals surface area contributed by atoms with Crippen molar-refractivity contribution in [3.8, 4) is 0 Å². The Balaban J connectivity index is 3.08. The number of benzene rings is 1. The molecule has 1 rings (SSSR count). The Bertz CT molecular complexity index is 403. The van der Waals surface area contributed by atoms with Gasteiger partial charge in [-0.05, 0) is 26.3 Å². The number of non-ortho nitro benzene ring substituents is 1. The molecule has 0 amide bonds. The van der Waals surface area contributed by atoms with E-state index >= 15 is 0 Å². The summed E-state index contributed by atoms with van der Waals surface area (Å²) in [4.78, 5) is 12.7. The van der Waals surface area contributed by atoms with Crippen molar-refractivity contribution >= 4 is 17.1 Å². The molecule has 100 valence electrons. The van der Waals surface area contributed by atoms with Gasteiger partial charge in [0.05, 0.1) is 4.92 Å². The van der Waals surface area contributed by atoms with E-state index in [-0.39, 0.29) is 10.6 Å². The number of hydrogen-bond donors (Lipinski definition) is 1. The molecule has 1 N–H and O–H groups in total. The number of nitrogens with one attached hydrogen (secondary N) is 1. The number of nitrogens with zero attached hydrogens (tertiary/aromatic N) is 2. The van der Waals surface area contributed by atoms with Crippen LogP contribution in [0.3, 0.4) is 0 Å². The molecule has 0 bridgehead atoms. The summed E-state index contributed by atoms with van der Waals surface area (Å²) in [6.07, 6.45) is 0.989. The van der Waals surface area contributed by atoms with Gasteiger partial charge in [0.25, 0.3) is 5.69 Å². The molecule has 0 fully saturated rings. The van der Waals surface area contributed by atoms with E-state index in [1.807, 2.05) is 19.9 Å². The normalized spacial score (nSPS) is 10.2. The van der Waals surface area contributed by atoms with E-state index in [4.69, 9.17) is 0 Å². The van der Waals surface area contributed by atoms with Crippen LogP contribution in [0.1, 0.15) is 27.2 Å². The predicted molar refractivity (Wildman–Crippen MR) is 75.4 cm³/mol. The van der Waals surface area contributed by atoms with E-state index in [2.05, 4.69) is 17.1 Å². The van der Waals surface area contributed by atoms with Crippen molar-refractivity contribution < 1.29 is 4.92 Å². The highest BCUT2D eigenvalue weighted by Gasteiger charge is 2.12. The summed E-state index contributed by atoms with van der Waals surface area (Å²) in [5.41, 5.74) is 1.85. The van der Waals surface area contributed by atoms with E-state index in [0.29, 0.717) is 0 Å². The summed E-state index contributed by atoms with van der Waals surface area (Å²) in [7, 11) is 0. The van der Waals surface area contributed by atoms with Gasteiger partial charge in [-0.25, -0.2) is 0 Å². The fraction of sp³-hybridized carbons (Fsp3) is 0.538. The largest absolute Gasteiger partial charge is 0.385 e. The Morgan fingerprint density at radius 2 is 1.89 bits per heavy atom. The summed E-state index contributed by atoms with van der Waals surface area (Å²) in [6.45, 7) is 8.65. The van der Waals surface area contributed by atoms with Crippen LogP contribution >= 0.6 is 0 Å². The van der Waals surface area contributed by atoms with Crippen LogP contribution in [0.15, 0.2) is 18.2 Å². The van der Waals surface area contributed by atoms with Crippen molar-refractivity contribution in [2.75, 3.05) is 29.9 Å². The lowest BCUT2D eigenvalue weighted by atomic mass is 10.2. The summed E-state index contributed by atoms with van der Waals surface area (Å²) in [6, 6.07) is 5.18. The summed E-state index contributed by atoms with van der Waals surface area (Å²) < 4.78 is 0. The molecule has 0 unspecified atom stereocenters. The number of rotatable bonds is 7. The van der Waals surface area contributed by atoms with E-state index < -0.39 is 0 Å². The van der Waals surface area contributed by atoms with Crippen molar-refractivity contribution in [3.63, 3.8) is 0 Å². The van der Waals surface area contributed by atoms with Crippen molar-refractivity contribution in [2.45, 2.75) is 27.2 Å². The van der Waals surface area contributed by atoms with Gasteiger partial charge in [0.2, 0.25) is 0 Å². The minimum atomic E-state index is -0.343. The Labute approximate surface area is 108 Å². The zero-order valence-electron chi connectivity index (χ0n) is 11.3. The first-order valence-corrected chi connectivity index (χ1v) is 6.40. The van der Waals surface area contributed by atoms with Gasteiger partial charge in [-0.2, -0.15) is 0 Å². The van der Waals surface area contributed by atoms with Gasteiger partial charge in [0.1, 0.15) is 0 Å². The van der Waals surface area contributed by atoms with Crippen LogP contribution in [0.25, 0.3) is 0 Å². The molecule has 0 saturated carbocycles. The second-order valence-electron chi connectivity index (χ2n) is 4.09. The molecule has 0 radical (unpaired) electrons. The molecule has 1 aromatic rings. The van der Waals surface area contributed by atoms with Gasteiger partial charge < -0.3 is 10.2 Å². The smallest absolute Gasteiger partial charge is 0.273 e. The highest BCUT2D eigenvalue weighted by molar-refractivity contribution is 5.64. The maximum Gasteiger partial charge on any atom is 0.273 e. The second kappa shape index (κ2) is 6.83. The molecule has 0 aliphatic rings. The lowest BCUT2D eigenvalue weighted by Crippen LogP contribution is -2.22. The highest BCUT2D eigenvalue weighted by Crippen LogP contribution is 2.27. The molecule has 0 aliphatic carbocycles. The Morgan fingerprint density at radius 3 is 2.39 bits per heavy atom. The molecule has 1 aromatic carbocycles. The Kier molecular flexibility index (Phi) is 5.42. The molecule has 0 atom stereocenters. The lowest BCUT2D eigenvalue weighted by molar-refractivity contribution is -0.384. The Hall–Kier alpha value is -1.78. The van der Waals surface area contributed by atoms with E-state index in [9.17, 15) is 10.1 Å². The molecule has 18 heavy (non-hydrogen) atoms. The van der Waals surface area contributed by atoms with Gasteiger partial charge in [-0.1, -0.05) is 6.92 Å². The lowest BCUT2D eigenvalue weighted by Gasteiger charge is -2.21. The van der Waals surface area contributed by atoms with Gasteiger partial charge in [-0.15, -0.1) is 0 Å². The molecular formula is C13H21N3O2. The summed E-state index contributed by atoms with van der Waals surface area (Å²) in [5.74, 6) is 0. The van der Waals surface area contributed by atoms with Crippen LogP contribution in [0.5, 0.6) is 0 Å². The van der Waals surface area contributed by atoms with Gasteiger partial charge in [0, 0.05) is 43.1 Å². The first-order chi connectivity index (χ1) is 8.62. The molecule has 0 spiro atoms. The van der Waals surface area contributed by atoms with Crippen molar-refractivity contribution in [3.05, 3.63) is 28.3 Å². The van der Waals surface area contributed by atoms with Gasteiger partial charge in [0.15, 0.2) is 0 Å². The van der Waals surface area contributed by atoms with E-state index in [0.717, 1.165) is 37.4 Å².